The highest BCUT2D eigenvalue weighted by atomic mass is 32.2. The van der Waals surface area contributed by atoms with Gasteiger partial charge in [-0.3, -0.25) is 9.59 Å². The average molecular weight is 634 g/mol. The van der Waals surface area contributed by atoms with E-state index in [4.69, 9.17) is 4.74 Å². The number of ether oxygens (including phenoxy) is 1. The van der Waals surface area contributed by atoms with Gasteiger partial charge in [-0.15, -0.1) is 0 Å². The van der Waals surface area contributed by atoms with Crippen LogP contribution in [0, 0.1) is 25.2 Å². The monoisotopic (exact) mass is 633 g/mol. The van der Waals surface area contributed by atoms with Crippen LogP contribution < -0.4 is 9.46 Å². The Kier molecular flexibility index (Phi) is 8.95. The molecule has 2 atom stereocenters. The Morgan fingerprint density at radius 3 is 2.40 bits per heavy atom. The molecule has 1 fully saturated rings. The number of hydrogen-bond donors (Lipinski definition) is 1. The molecule has 1 N–H and O–H groups in total. The van der Waals surface area contributed by atoms with Crippen LogP contribution in [0.4, 0.5) is 5.95 Å². The van der Waals surface area contributed by atoms with Gasteiger partial charge in [0.25, 0.3) is 15.9 Å². The minimum atomic E-state index is -4.15. The molecule has 0 aliphatic carbocycles. The number of nitrogens with one attached hydrogen (secondary N) is 1. The number of carbonyl (C=O) groups is 2. The molecular formula is C34H43N5O5S. The zero-order valence-electron chi connectivity index (χ0n) is 27.1. The van der Waals surface area contributed by atoms with Crippen LogP contribution in [0.5, 0.6) is 5.88 Å². The summed E-state index contributed by atoms with van der Waals surface area (Å²) in [6, 6.07) is 13.2. The van der Waals surface area contributed by atoms with Gasteiger partial charge in [-0.25, -0.2) is 18.1 Å². The highest BCUT2D eigenvalue weighted by Gasteiger charge is 2.40. The maximum Gasteiger partial charge on any atom is 0.264 e. The molecule has 240 valence electrons. The number of carbonyl (C=O) groups excluding carboxylic acids is 2. The van der Waals surface area contributed by atoms with E-state index in [1.807, 2.05) is 57.7 Å². The number of nitrogens with zero attached hydrogens (tertiary/aromatic N) is 4. The summed E-state index contributed by atoms with van der Waals surface area (Å²) >= 11 is 0. The van der Waals surface area contributed by atoms with Crippen LogP contribution in [0.15, 0.2) is 53.4 Å². The molecular weight excluding hydrogens is 590 g/mol. The van der Waals surface area contributed by atoms with Gasteiger partial charge in [0.2, 0.25) is 17.7 Å². The predicted molar refractivity (Wildman–Crippen MR) is 174 cm³/mol. The topological polar surface area (TPSA) is 122 Å². The fraction of sp³-hybridized carbons (Fsp3) is 0.471. The number of sulfonamides is 1. The first kappa shape index (κ1) is 32.4. The Balaban J connectivity index is 1.71. The third-order valence-electron chi connectivity index (χ3n) is 8.17. The number of anilines is 1. The van der Waals surface area contributed by atoms with Crippen molar-refractivity contribution in [2.24, 2.45) is 11.3 Å². The maximum atomic E-state index is 13.9. The molecule has 11 heteroatoms. The van der Waals surface area contributed by atoms with E-state index in [0.29, 0.717) is 25.1 Å². The molecule has 0 spiro atoms. The van der Waals surface area contributed by atoms with Crippen molar-refractivity contribution in [1.29, 1.82) is 0 Å². The van der Waals surface area contributed by atoms with Crippen molar-refractivity contribution in [3.8, 4) is 17.1 Å². The quantitative estimate of drug-likeness (QED) is 0.405. The highest BCUT2D eigenvalue weighted by molar-refractivity contribution is 7.92. The zero-order chi connectivity index (χ0) is 32.7. The lowest BCUT2D eigenvalue weighted by molar-refractivity contribution is -0.137. The van der Waals surface area contributed by atoms with Crippen molar-refractivity contribution >= 4 is 27.8 Å². The molecule has 5 rings (SSSR count). The zero-order valence-corrected chi connectivity index (χ0v) is 27.9. The lowest BCUT2D eigenvalue weighted by atomic mass is 9.90. The molecule has 0 radical (unpaired) electrons. The standard InChI is InChI=1S/C34H43N5O5S/c1-21(2)16-27-28-20-38(14-15-39(27)30(40)19-34(5,6)7)32(41)24-12-9-13-25(17-24)45(42,43)37-33-35-26(18-29(36-33)44-28)31-22(3)10-8-11-23(31)4/h8-13,17-18,21,27-28H,14-16,19-20H2,1-7H3,(H,35,36,37)/t27?,28-/m0/s1. The molecule has 1 unspecified atom stereocenters. The first-order valence-electron chi connectivity index (χ1n) is 15.5. The summed E-state index contributed by atoms with van der Waals surface area (Å²) < 4.78 is 36.3. The van der Waals surface area contributed by atoms with Crippen LogP contribution >= 0.6 is 0 Å². The van der Waals surface area contributed by atoms with Gasteiger partial charge in [0.05, 0.1) is 23.2 Å². The van der Waals surface area contributed by atoms with Gasteiger partial charge >= 0.3 is 0 Å². The van der Waals surface area contributed by atoms with Gasteiger partial charge in [0.15, 0.2) is 0 Å². The van der Waals surface area contributed by atoms with Crippen molar-refractivity contribution in [3.63, 3.8) is 0 Å². The smallest absolute Gasteiger partial charge is 0.264 e. The number of hydrogen-bond acceptors (Lipinski definition) is 7. The maximum absolute atomic E-state index is 13.9. The Labute approximate surface area is 266 Å². The summed E-state index contributed by atoms with van der Waals surface area (Å²) in [6.07, 6.45) is 0.351. The van der Waals surface area contributed by atoms with Gasteiger partial charge in [-0.1, -0.05) is 58.9 Å². The minimum absolute atomic E-state index is 0.00604. The summed E-state index contributed by atoms with van der Waals surface area (Å²) in [5.74, 6) is -0.0888. The summed E-state index contributed by atoms with van der Waals surface area (Å²) in [6.45, 7) is 15.0. The normalized spacial score (nSPS) is 19.9. The van der Waals surface area contributed by atoms with Crippen LogP contribution in [0.1, 0.15) is 68.9 Å². The van der Waals surface area contributed by atoms with E-state index in [1.165, 1.54) is 12.1 Å². The van der Waals surface area contributed by atoms with Crippen molar-refractivity contribution in [2.75, 3.05) is 24.4 Å². The second-order valence-corrected chi connectivity index (χ2v) is 15.4. The molecule has 1 aromatic heterocycles. The van der Waals surface area contributed by atoms with Crippen molar-refractivity contribution in [3.05, 3.63) is 65.2 Å². The van der Waals surface area contributed by atoms with Crippen LogP contribution in [-0.2, 0) is 14.8 Å². The van der Waals surface area contributed by atoms with Gasteiger partial charge in [-0.05, 0) is 60.9 Å². The summed E-state index contributed by atoms with van der Waals surface area (Å²) in [4.78, 5) is 40.4. The molecule has 1 saturated heterocycles. The van der Waals surface area contributed by atoms with Crippen molar-refractivity contribution < 1.29 is 22.7 Å². The molecule has 3 heterocycles. The molecule has 2 aromatic carbocycles. The van der Waals surface area contributed by atoms with E-state index in [1.54, 1.807) is 23.1 Å². The molecule has 10 nitrogen and oxygen atoms in total. The van der Waals surface area contributed by atoms with E-state index in [0.717, 1.165) is 16.7 Å². The SMILES string of the molecule is Cc1cccc(C)c1-c1cc2nc(n1)NS(=O)(=O)c1cccc(c1)C(=O)N1CCN(C(=O)CC(C)(C)C)C(CC(C)C)[C@H](C1)O2. The second kappa shape index (κ2) is 12.4. The van der Waals surface area contributed by atoms with Crippen molar-refractivity contribution in [1.82, 2.24) is 19.8 Å². The summed E-state index contributed by atoms with van der Waals surface area (Å²) in [5, 5.41) is 0. The number of amides is 2. The Bertz CT molecular complexity index is 1700. The fourth-order valence-corrected chi connectivity index (χ4v) is 7.13. The molecule has 2 aliphatic heterocycles. The van der Waals surface area contributed by atoms with Crippen LogP contribution in [-0.4, -0.2) is 71.8 Å². The fourth-order valence-electron chi connectivity index (χ4n) is 6.14. The van der Waals surface area contributed by atoms with E-state index < -0.39 is 16.1 Å². The first-order valence-corrected chi connectivity index (χ1v) is 16.9. The number of aryl methyl sites for hydroxylation is 2. The highest BCUT2D eigenvalue weighted by Crippen LogP contribution is 2.32. The largest absolute Gasteiger partial charge is 0.470 e. The van der Waals surface area contributed by atoms with E-state index in [2.05, 4.69) is 28.5 Å². The second-order valence-electron chi connectivity index (χ2n) is 13.7. The molecule has 6 bridgehead atoms. The molecule has 45 heavy (non-hydrogen) atoms. The van der Waals surface area contributed by atoms with Crippen LogP contribution in [0.3, 0.4) is 0 Å². The van der Waals surface area contributed by atoms with Gasteiger partial charge in [0.1, 0.15) is 6.10 Å². The van der Waals surface area contributed by atoms with Crippen LogP contribution in [0.2, 0.25) is 0 Å². The number of benzene rings is 2. The van der Waals surface area contributed by atoms with Crippen molar-refractivity contribution in [2.45, 2.75) is 78.3 Å². The first-order chi connectivity index (χ1) is 21.1. The third-order valence-corrected chi connectivity index (χ3v) is 9.50. The Morgan fingerprint density at radius 2 is 1.73 bits per heavy atom. The van der Waals surface area contributed by atoms with E-state index in [-0.39, 0.29) is 64.6 Å². The van der Waals surface area contributed by atoms with E-state index >= 15 is 0 Å². The molecule has 2 aliphatic rings. The minimum Gasteiger partial charge on any atom is -0.470 e. The molecule has 0 saturated carbocycles. The average Bonchev–Trinajstić information content (AvgIpc) is 3.10. The Morgan fingerprint density at radius 1 is 1.04 bits per heavy atom. The van der Waals surface area contributed by atoms with E-state index in [9.17, 15) is 18.0 Å². The number of rotatable bonds is 4. The molecule has 2 amide bonds. The van der Waals surface area contributed by atoms with Gasteiger partial charge in [-0.2, -0.15) is 4.98 Å². The number of fused-ring (bicyclic) bond motifs is 6. The Hall–Kier alpha value is -3.99. The summed E-state index contributed by atoms with van der Waals surface area (Å²) in [7, 11) is -4.15. The van der Waals surface area contributed by atoms with Crippen LogP contribution in [0.25, 0.3) is 11.3 Å². The predicted octanol–water partition coefficient (Wildman–Crippen LogP) is 5.46. The summed E-state index contributed by atoms with van der Waals surface area (Å²) in [5.41, 5.74) is 3.27. The lowest BCUT2D eigenvalue weighted by Crippen LogP contribution is -2.51. The lowest BCUT2D eigenvalue weighted by Gasteiger charge is -2.37. The van der Waals surface area contributed by atoms with Gasteiger partial charge < -0.3 is 14.5 Å². The number of aromatic nitrogens is 2. The van der Waals surface area contributed by atoms with Gasteiger partial charge in [0, 0.05) is 36.7 Å². The third kappa shape index (κ3) is 7.30. The molecule has 3 aromatic rings.